The smallest absolute Gasteiger partial charge is 0.254 e. The summed E-state index contributed by atoms with van der Waals surface area (Å²) in [7, 11) is 0. The summed E-state index contributed by atoms with van der Waals surface area (Å²) < 4.78 is 0. The molecule has 1 aromatic heterocycles. The predicted octanol–water partition coefficient (Wildman–Crippen LogP) is 5.68. The van der Waals surface area contributed by atoms with Gasteiger partial charge in [-0.05, 0) is 66.6 Å². The third kappa shape index (κ3) is 4.92. The molecule has 2 amide bonds. The van der Waals surface area contributed by atoms with Gasteiger partial charge in [0.1, 0.15) is 0 Å². The molecule has 5 rings (SSSR count). The van der Waals surface area contributed by atoms with Crippen LogP contribution in [0.1, 0.15) is 44.9 Å². The molecule has 0 radical (unpaired) electrons. The zero-order valence-electron chi connectivity index (χ0n) is 20.4. The number of aryl methyl sites for hydroxylation is 1. The zero-order chi connectivity index (χ0) is 25.4. The van der Waals surface area contributed by atoms with Gasteiger partial charge in [0.25, 0.3) is 5.91 Å². The van der Waals surface area contributed by atoms with Crippen molar-refractivity contribution in [3.63, 3.8) is 0 Å². The van der Waals surface area contributed by atoms with E-state index in [2.05, 4.69) is 47.5 Å². The molecule has 188 valence electrons. The number of piperazine rings is 1. The molecule has 3 heterocycles. The topological polar surface area (TPSA) is 43.9 Å². The Kier molecular flexibility index (Phi) is 7.40. The minimum Gasteiger partial charge on any atom is -0.338 e. The number of carbonyl (C=O) groups excluding carboxylic acids is 2. The molecular weight excluding hydrogens is 513 g/mol. The van der Waals surface area contributed by atoms with E-state index < -0.39 is 0 Å². The Bertz CT molecular complexity index is 1290. The van der Waals surface area contributed by atoms with Gasteiger partial charge in [-0.2, -0.15) is 0 Å². The Balaban J connectivity index is 1.28. The molecule has 3 aromatic rings. The monoisotopic (exact) mass is 541 g/mol. The normalized spacial score (nSPS) is 20.3. The Morgan fingerprint density at radius 1 is 1.00 bits per heavy atom. The van der Waals surface area contributed by atoms with Gasteiger partial charge >= 0.3 is 0 Å². The fourth-order valence-corrected chi connectivity index (χ4v) is 6.55. The third-order valence-electron chi connectivity index (χ3n) is 7.29. The van der Waals surface area contributed by atoms with Gasteiger partial charge < -0.3 is 9.80 Å². The maximum atomic E-state index is 13.5. The average Bonchev–Trinajstić information content (AvgIpc) is 3.35. The molecule has 0 spiro atoms. The van der Waals surface area contributed by atoms with Crippen LogP contribution < -0.4 is 0 Å². The second-order valence-corrected chi connectivity index (χ2v) is 11.4. The van der Waals surface area contributed by atoms with Crippen LogP contribution in [-0.4, -0.2) is 65.3 Å². The molecule has 1 fully saturated rings. The minimum atomic E-state index is -0.0957. The molecule has 2 atom stereocenters. The summed E-state index contributed by atoms with van der Waals surface area (Å²) in [4.78, 5) is 34.1. The SMILES string of the molecule is Cc1ccccc1[C@@H]1c2ccsc2CCN1CC(=O)N1CCN(C(=O)c2ccc(Cl)c(Cl)c2)[C@H](C)C1. The molecule has 2 aliphatic rings. The third-order valence-corrected chi connectivity index (χ3v) is 9.03. The summed E-state index contributed by atoms with van der Waals surface area (Å²) in [5.41, 5.74) is 4.33. The highest BCUT2D eigenvalue weighted by atomic mass is 35.5. The van der Waals surface area contributed by atoms with E-state index in [4.69, 9.17) is 23.2 Å². The Morgan fingerprint density at radius 3 is 2.56 bits per heavy atom. The van der Waals surface area contributed by atoms with Crippen LogP contribution in [0.5, 0.6) is 0 Å². The van der Waals surface area contributed by atoms with Crippen molar-refractivity contribution in [2.24, 2.45) is 0 Å². The molecule has 0 unspecified atom stereocenters. The van der Waals surface area contributed by atoms with Gasteiger partial charge in [-0.15, -0.1) is 11.3 Å². The highest BCUT2D eigenvalue weighted by molar-refractivity contribution is 7.10. The van der Waals surface area contributed by atoms with Gasteiger partial charge in [0, 0.05) is 42.7 Å². The van der Waals surface area contributed by atoms with Gasteiger partial charge in [-0.25, -0.2) is 0 Å². The summed E-state index contributed by atoms with van der Waals surface area (Å²) in [5, 5.41) is 2.95. The zero-order valence-corrected chi connectivity index (χ0v) is 22.7. The summed E-state index contributed by atoms with van der Waals surface area (Å²) in [5.74, 6) is 0.0227. The van der Waals surface area contributed by atoms with Gasteiger partial charge in [0.15, 0.2) is 0 Å². The number of benzene rings is 2. The van der Waals surface area contributed by atoms with Gasteiger partial charge in [-0.3, -0.25) is 14.5 Å². The highest BCUT2D eigenvalue weighted by Crippen LogP contribution is 2.38. The summed E-state index contributed by atoms with van der Waals surface area (Å²) in [6, 6.07) is 15.6. The first-order valence-corrected chi connectivity index (χ1v) is 13.9. The maximum absolute atomic E-state index is 13.5. The lowest BCUT2D eigenvalue weighted by atomic mass is 9.90. The van der Waals surface area contributed by atoms with Crippen LogP contribution in [0.2, 0.25) is 10.0 Å². The van der Waals surface area contributed by atoms with Crippen molar-refractivity contribution < 1.29 is 9.59 Å². The number of halogens is 2. The van der Waals surface area contributed by atoms with Crippen LogP contribution in [0.25, 0.3) is 0 Å². The average molecular weight is 543 g/mol. The van der Waals surface area contributed by atoms with E-state index in [1.807, 2.05) is 16.7 Å². The molecule has 0 N–H and O–H groups in total. The first kappa shape index (κ1) is 25.3. The Morgan fingerprint density at radius 2 is 1.81 bits per heavy atom. The number of amides is 2. The lowest BCUT2D eigenvalue weighted by Gasteiger charge is -2.42. The summed E-state index contributed by atoms with van der Waals surface area (Å²) in [6.07, 6.45) is 0.963. The van der Waals surface area contributed by atoms with E-state index >= 15 is 0 Å². The molecule has 0 bridgehead atoms. The minimum absolute atomic E-state index is 0.0834. The number of carbonyl (C=O) groups is 2. The van der Waals surface area contributed by atoms with Crippen molar-refractivity contribution in [2.75, 3.05) is 32.7 Å². The highest BCUT2D eigenvalue weighted by Gasteiger charge is 2.35. The lowest BCUT2D eigenvalue weighted by molar-refractivity contribution is -0.135. The van der Waals surface area contributed by atoms with Gasteiger partial charge in [0.2, 0.25) is 5.91 Å². The van der Waals surface area contributed by atoms with E-state index in [0.29, 0.717) is 41.8 Å². The Hall–Kier alpha value is -2.38. The first-order chi connectivity index (χ1) is 17.3. The van der Waals surface area contributed by atoms with Gasteiger partial charge in [0.05, 0.1) is 22.6 Å². The van der Waals surface area contributed by atoms with Crippen molar-refractivity contribution in [3.05, 3.63) is 91.1 Å². The second kappa shape index (κ2) is 10.5. The van der Waals surface area contributed by atoms with E-state index in [9.17, 15) is 9.59 Å². The van der Waals surface area contributed by atoms with Crippen LogP contribution in [0, 0.1) is 6.92 Å². The first-order valence-electron chi connectivity index (χ1n) is 12.2. The molecule has 0 aliphatic carbocycles. The molecule has 36 heavy (non-hydrogen) atoms. The van der Waals surface area contributed by atoms with Crippen molar-refractivity contribution in [1.82, 2.24) is 14.7 Å². The van der Waals surface area contributed by atoms with Crippen molar-refractivity contribution >= 4 is 46.4 Å². The van der Waals surface area contributed by atoms with Crippen LogP contribution in [0.15, 0.2) is 53.9 Å². The molecule has 5 nitrogen and oxygen atoms in total. The van der Waals surface area contributed by atoms with E-state index in [1.54, 1.807) is 29.5 Å². The van der Waals surface area contributed by atoms with Crippen molar-refractivity contribution in [1.29, 1.82) is 0 Å². The molecule has 8 heteroatoms. The van der Waals surface area contributed by atoms with E-state index in [-0.39, 0.29) is 23.9 Å². The largest absolute Gasteiger partial charge is 0.338 e. The van der Waals surface area contributed by atoms with Crippen LogP contribution in [0.4, 0.5) is 0 Å². The van der Waals surface area contributed by atoms with Crippen LogP contribution >= 0.6 is 34.5 Å². The number of thiophene rings is 1. The lowest BCUT2D eigenvalue weighted by Crippen LogP contribution is -2.57. The fourth-order valence-electron chi connectivity index (χ4n) is 5.35. The second-order valence-electron chi connectivity index (χ2n) is 9.59. The number of hydrogen-bond donors (Lipinski definition) is 0. The van der Waals surface area contributed by atoms with E-state index in [0.717, 1.165) is 13.0 Å². The molecule has 1 saturated heterocycles. The summed E-state index contributed by atoms with van der Waals surface area (Å²) in [6.45, 7) is 6.86. The predicted molar refractivity (Wildman–Crippen MR) is 146 cm³/mol. The molecule has 0 saturated carbocycles. The maximum Gasteiger partial charge on any atom is 0.254 e. The fraction of sp³-hybridized carbons (Fsp3) is 0.357. The Labute approximate surface area is 226 Å². The van der Waals surface area contributed by atoms with Gasteiger partial charge in [-0.1, -0.05) is 47.5 Å². The molecular formula is C28H29Cl2N3O2S. The van der Waals surface area contributed by atoms with Crippen LogP contribution in [-0.2, 0) is 11.2 Å². The van der Waals surface area contributed by atoms with E-state index in [1.165, 1.54) is 21.6 Å². The van der Waals surface area contributed by atoms with Crippen molar-refractivity contribution in [3.8, 4) is 0 Å². The number of rotatable bonds is 4. The van der Waals surface area contributed by atoms with Crippen LogP contribution in [0.3, 0.4) is 0 Å². The molecule has 2 aromatic carbocycles. The molecule has 2 aliphatic heterocycles. The number of hydrogen-bond acceptors (Lipinski definition) is 4. The number of nitrogens with zero attached hydrogens (tertiary/aromatic N) is 3. The standard InChI is InChI=1S/C28H29Cl2N3O2S/c1-18-5-3-4-6-21(18)27-22-10-14-36-25(22)9-11-32(27)17-26(34)31-12-13-33(19(2)16-31)28(35)20-7-8-23(29)24(30)15-20/h3-8,10,14-15,19,27H,9,11-13,16-17H2,1-2H3/t19-,27-/m1/s1. The number of fused-ring (bicyclic) bond motifs is 1. The summed E-state index contributed by atoms with van der Waals surface area (Å²) >= 11 is 13.9. The van der Waals surface area contributed by atoms with Crippen molar-refractivity contribution in [2.45, 2.75) is 32.4 Å². The quantitative estimate of drug-likeness (QED) is 0.426.